The van der Waals surface area contributed by atoms with Gasteiger partial charge in [-0.15, -0.1) is 0 Å². The van der Waals surface area contributed by atoms with Crippen molar-refractivity contribution in [1.29, 1.82) is 0 Å². The molecule has 0 amide bonds. The SMILES string of the molecule is COc1ccc(-c2nc3c(Cl)cc(Cl)cn3c2CN)cc1OC. The third-order valence-corrected chi connectivity index (χ3v) is 4.08. The second kappa shape index (κ2) is 6.28. The molecule has 7 heteroatoms. The van der Waals surface area contributed by atoms with Gasteiger partial charge in [0, 0.05) is 18.3 Å². The molecule has 0 saturated heterocycles. The molecule has 0 bridgehead atoms. The summed E-state index contributed by atoms with van der Waals surface area (Å²) in [6.07, 6.45) is 1.75. The van der Waals surface area contributed by atoms with Gasteiger partial charge in [-0.1, -0.05) is 23.2 Å². The van der Waals surface area contributed by atoms with Gasteiger partial charge in [0.15, 0.2) is 17.1 Å². The van der Waals surface area contributed by atoms with E-state index in [1.54, 1.807) is 26.5 Å². The van der Waals surface area contributed by atoms with Crippen molar-refractivity contribution in [2.45, 2.75) is 6.54 Å². The quantitative estimate of drug-likeness (QED) is 0.776. The minimum atomic E-state index is 0.293. The lowest BCUT2D eigenvalue weighted by Crippen LogP contribution is -2.02. The number of halogens is 2. The highest BCUT2D eigenvalue weighted by molar-refractivity contribution is 6.36. The van der Waals surface area contributed by atoms with E-state index in [1.165, 1.54) is 0 Å². The van der Waals surface area contributed by atoms with E-state index in [1.807, 2.05) is 22.6 Å². The van der Waals surface area contributed by atoms with Crippen molar-refractivity contribution in [1.82, 2.24) is 9.38 Å². The Morgan fingerprint density at radius 3 is 2.52 bits per heavy atom. The van der Waals surface area contributed by atoms with E-state index in [2.05, 4.69) is 4.98 Å². The molecule has 0 aliphatic rings. The Labute approximate surface area is 143 Å². The van der Waals surface area contributed by atoms with Crippen LogP contribution in [0, 0.1) is 0 Å². The van der Waals surface area contributed by atoms with Gasteiger partial charge in [0.25, 0.3) is 0 Å². The number of imidazole rings is 1. The average molecular weight is 352 g/mol. The maximum atomic E-state index is 6.25. The van der Waals surface area contributed by atoms with Crippen LogP contribution in [0.15, 0.2) is 30.5 Å². The number of fused-ring (bicyclic) bond motifs is 1. The van der Waals surface area contributed by atoms with Crippen molar-refractivity contribution in [3.05, 3.63) is 46.2 Å². The van der Waals surface area contributed by atoms with Gasteiger partial charge < -0.3 is 15.2 Å². The Kier molecular flexibility index (Phi) is 4.35. The Balaban J connectivity index is 2.26. The maximum absolute atomic E-state index is 6.25. The van der Waals surface area contributed by atoms with Gasteiger partial charge in [-0.3, -0.25) is 4.40 Å². The molecule has 2 aromatic heterocycles. The number of rotatable bonds is 4. The first-order valence-corrected chi connectivity index (χ1v) is 7.63. The minimum absolute atomic E-state index is 0.293. The minimum Gasteiger partial charge on any atom is -0.493 e. The van der Waals surface area contributed by atoms with Crippen molar-refractivity contribution < 1.29 is 9.47 Å². The first-order valence-electron chi connectivity index (χ1n) is 6.87. The molecular formula is C16H15Cl2N3O2. The van der Waals surface area contributed by atoms with E-state index in [-0.39, 0.29) is 0 Å². The van der Waals surface area contributed by atoms with Gasteiger partial charge in [0.2, 0.25) is 0 Å². The molecule has 0 aliphatic carbocycles. The summed E-state index contributed by atoms with van der Waals surface area (Å²) in [6, 6.07) is 7.24. The zero-order valence-electron chi connectivity index (χ0n) is 12.6. The number of hydrogen-bond acceptors (Lipinski definition) is 4. The number of hydrogen-bond donors (Lipinski definition) is 1. The Hall–Kier alpha value is -1.95. The number of pyridine rings is 1. The molecule has 3 rings (SSSR count). The molecule has 0 radical (unpaired) electrons. The summed E-state index contributed by atoms with van der Waals surface area (Å²) in [5.41, 5.74) is 8.95. The van der Waals surface area contributed by atoms with Crippen molar-refractivity contribution in [2.24, 2.45) is 5.73 Å². The number of methoxy groups -OCH3 is 2. The van der Waals surface area contributed by atoms with Gasteiger partial charge in [-0.25, -0.2) is 4.98 Å². The number of nitrogens with two attached hydrogens (primary N) is 1. The molecule has 0 spiro atoms. The summed E-state index contributed by atoms with van der Waals surface area (Å²) in [7, 11) is 3.18. The lowest BCUT2D eigenvalue weighted by Gasteiger charge is -2.09. The molecule has 23 heavy (non-hydrogen) atoms. The molecule has 2 N–H and O–H groups in total. The van der Waals surface area contributed by atoms with Crippen LogP contribution in [0.3, 0.4) is 0 Å². The van der Waals surface area contributed by atoms with Crippen molar-refractivity contribution in [3.63, 3.8) is 0 Å². The highest BCUT2D eigenvalue weighted by atomic mass is 35.5. The van der Waals surface area contributed by atoms with Crippen LogP contribution in [0.2, 0.25) is 10.0 Å². The largest absolute Gasteiger partial charge is 0.493 e. The molecule has 120 valence electrons. The zero-order valence-corrected chi connectivity index (χ0v) is 14.1. The van der Waals surface area contributed by atoms with Crippen LogP contribution >= 0.6 is 23.2 Å². The lowest BCUT2D eigenvalue weighted by molar-refractivity contribution is 0.355. The Morgan fingerprint density at radius 2 is 1.87 bits per heavy atom. The van der Waals surface area contributed by atoms with E-state index < -0.39 is 0 Å². The van der Waals surface area contributed by atoms with Crippen molar-refractivity contribution in [2.75, 3.05) is 14.2 Å². The summed E-state index contributed by atoms with van der Waals surface area (Å²) in [4.78, 5) is 4.62. The molecule has 3 aromatic rings. The number of benzene rings is 1. The Morgan fingerprint density at radius 1 is 1.13 bits per heavy atom. The summed E-state index contributed by atoms with van der Waals surface area (Å²) in [5.74, 6) is 1.27. The van der Waals surface area contributed by atoms with Crippen LogP contribution in [0.1, 0.15) is 5.69 Å². The molecule has 0 unspecified atom stereocenters. The standard InChI is InChI=1S/C16H15Cl2N3O2/c1-22-13-4-3-9(5-14(13)23-2)15-12(7-19)21-8-10(17)6-11(18)16(21)20-15/h3-6,8H,7,19H2,1-2H3. The van der Waals surface area contributed by atoms with Crippen LogP contribution in [0.25, 0.3) is 16.9 Å². The van der Waals surface area contributed by atoms with Crippen LogP contribution in [0.4, 0.5) is 0 Å². The molecule has 0 aliphatic heterocycles. The van der Waals surface area contributed by atoms with Gasteiger partial charge in [0.05, 0.1) is 35.7 Å². The third-order valence-electron chi connectivity index (χ3n) is 3.59. The molecule has 0 saturated carbocycles. The van der Waals surface area contributed by atoms with Crippen molar-refractivity contribution >= 4 is 28.8 Å². The highest BCUT2D eigenvalue weighted by Gasteiger charge is 2.17. The Bertz CT molecular complexity index is 877. The zero-order chi connectivity index (χ0) is 16.6. The third kappa shape index (κ3) is 2.72. The van der Waals surface area contributed by atoms with E-state index in [4.69, 9.17) is 38.4 Å². The average Bonchev–Trinajstić information content (AvgIpc) is 2.92. The molecule has 1 aromatic carbocycles. The highest BCUT2D eigenvalue weighted by Crippen LogP contribution is 2.35. The fraction of sp³-hybridized carbons (Fsp3) is 0.188. The van der Waals surface area contributed by atoms with Gasteiger partial charge in [0.1, 0.15) is 0 Å². The predicted octanol–water partition coefficient (Wildman–Crippen LogP) is 3.78. The normalized spacial score (nSPS) is 11.0. The maximum Gasteiger partial charge on any atom is 0.161 e. The van der Waals surface area contributed by atoms with E-state index >= 15 is 0 Å². The first kappa shape index (κ1) is 15.9. The fourth-order valence-electron chi connectivity index (χ4n) is 2.53. The van der Waals surface area contributed by atoms with E-state index in [0.29, 0.717) is 33.7 Å². The van der Waals surface area contributed by atoms with Crippen molar-refractivity contribution in [3.8, 4) is 22.8 Å². The number of aromatic nitrogens is 2. The molecule has 2 heterocycles. The van der Waals surface area contributed by atoms with Crippen LogP contribution in [-0.2, 0) is 6.54 Å². The summed E-state index contributed by atoms with van der Waals surface area (Å²) in [6.45, 7) is 0.293. The smallest absolute Gasteiger partial charge is 0.161 e. The monoisotopic (exact) mass is 351 g/mol. The van der Waals surface area contributed by atoms with Crippen LogP contribution in [0.5, 0.6) is 11.5 Å². The van der Waals surface area contributed by atoms with Gasteiger partial charge >= 0.3 is 0 Å². The van der Waals surface area contributed by atoms with Crippen LogP contribution in [-0.4, -0.2) is 23.6 Å². The number of ether oxygens (including phenoxy) is 2. The second-order valence-electron chi connectivity index (χ2n) is 4.88. The van der Waals surface area contributed by atoms with E-state index in [0.717, 1.165) is 17.0 Å². The number of nitrogens with zero attached hydrogens (tertiary/aromatic N) is 2. The van der Waals surface area contributed by atoms with E-state index in [9.17, 15) is 0 Å². The lowest BCUT2D eigenvalue weighted by atomic mass is 10.1. The predicted molar refractivity (Wildman–Crippen MR) is 91.6 cm³/mol. The summed E-state index contributed by atoms with van der Waals surface area (Å²) < 4.78 is 12.4. The molecule has 5 nitrogen and oxygen atoms in total. The summed E-state index contributed by atoms with van der Waals surface area (Å²) >= 11 is 12.3. The summed E-state index contributed by atoms with van der Waals surface area (Å²) in [5, 5.41) is 0.993. The van der Waals surface area contributed by atoms with Gasteiger partial charge in [-0.05, 0) is 24.3 Å². The first-order chi connectivity index (χ1) is 11.1. The van der Waals surface area contributed by atoms with Gasteiger partial charge in [-0.2, -0.15) is 0 Å². The fourth-order valence-corrected chi connectivity index (χ4v) is 3.04. The molecule has 0 fully saturated rings. The van der Waals surface area contributed by atoms with Crippen LogP contribution < -0.4 is 15.2 Å². The topological polar surface area (TPSA) is 61.8 Å². The second-order valence-corrected chi connectivity index (χ2v) is 5.72. The molecule has 0 atom stereocenters. The molecular weight excluding hydrogens is 337 g/mol.